The highest BCUT2D eigenvalue weighted by Crippen LogP contribution is 2.30. The molecule has 0 fully saturated rings. The van der Waals surface area contributed by atoms with E-state index in [0.717, 1.165) is 18.8 Å². The summed E-state index contributed by atoms with van der Waals surface area (Å²) in [7, 11) is 0. The lowest BCUT2D eigenvalue weighted by Gasteiger charge is -2.17. The van der Waals surface area contributed by atoms with Gasteiger partial charge in [-0.25, -0.2) is 10.2 Å². The molecule has 0 aliphatic carbocycles. The fraction of sp³-hybridized carbons (Fsp3) is 0.160. The van der Waals surface area contributed by atoms with E-state index in [2.05, 4.69) is 41.4 Å². The van der Waals surface area contributed by atoms with E-state index in [-0.39, 0.29) is 11.5 Å². The number of rotatable bonds is 5. The van der Waals surface area contributed by atoms with E-state index in [1.807, 2.05) is 12.1 Å². The summed E-state index contributed by atoms with van der Waals surface area (Å²) in [4.78, 5) is 25.5. The minimum atomic E-state index is -0.983. The molecule has 31 heavy (non-hydrogen) atoms. The Kier molecular flexibility index (Phi) is 5.54. The van der Waals surface area contributed by atoms with Gasteiger partial charge in [-0.1, -0.05) is 24.3 Å². The second-order valence-corrected chi connectivity index (χ2v) is 7.73. The molecule has 6 heteroatoms. The summed E-state index contributed by atoms with van der Waals surface area (Å²) in [6, 6.07) is 18.3. The Balaban J connectivity index is 1.37. The molecule has 6 nitrogen and oxygen atoms in total. The van der Waals surface area contributed by atoms with Crippen LogP contribution in [0.5, 0.6) is 0 Å². The zero-order valence-corrected chi connectivity index (χ0v) is 17.4. The highest BCUT2D eigenvalue weighted by molar-refractivity contribution is 5.95. The van der Waals surface area contributed by atoms with Crippen molar-refractivity contribution < 1.29 is 14.7 Å². The summed E-state index contributed by atoms with van der Waals surface area (Å²) in [6.07, 6.45) is 1.48. The van der Waals surface area contributed by atoms with Gasteiger partial charge in [-0.3, -0.25) is 4.79 Å². The molecular weight excluding hydrogens is 390 g/mol. The Hall–Kier alpha value is -3.93. The predicted molar refractivity (Wildman–Crippen MR) is 121 cm³/mol. The number of hydrazone groups is 1. The summed E-state index contributed by atoms with van der Waals surface area (Å²) in [5, 5.41) is 12.9. The molecule has 0 radical (unpaired) electrons. The molecular formula is C25H23N3O3. The van der Waals surface area contributed by atoms with E-state index < -0.39 is 5.97 Å². The number of anilines is 1. The zero-order valence-electron chi connectivity index (χ0n) is 17.4. The lowest BCUT2D eigenvalue weighted by Crippen LogP contribution is -2.18. The predicted octanol–water partition coefficient (Wildman–Crippen LogP) is 4.29. The number of benzene rings is 3. The number of aryl methyl sites for hydroxylation is 2. The third-order valence-corrected chi connectivity index (χ3v) is 5.57. The maximum atomic E-state index is 12.3. The summed E-state index contributed by atoms with van der Waals surface area (Å²) in [6.45, 7) is 6.01. The van der Waals surface area contributed by atoms with Crippen molar-refractivity contribution in [3.05, 3.63) is 99.6 Å². The summed E-state index contributed by atoms with van der Waals surface area (Å²) in [5.74, 6) is -1.29. The molecule has 4 rings (SSSR count). The monoisotopic (exact) mass is 413 g/mol. The lowest BCUT2D eigenvalue weighted by atomic mass is 10.0. The number of carbonyl (C=O) groups is 2. The van der Waals surface area contributed by atoms with Gasteiger partial charge < -0.3 is 10.0 Å². The smallest absolute Gasteiger partial charge is 0.335 e. The van der Waals surface area contributed by atoms with E-state index in [4.69, 9.17) is 5.11 Å². The molecule has 1 amide bonds. The topological polar surface area (TPSA) is 82.0 Å². The maximum Gasteiger partial charge on any atom is 0.335 e. The van der Waals surface area contributed by atoms with Crippen molar-refractivity contribution in [1.82, 2.24) is 5.43 Å². The molecule has 0 aromatic heterocycles. The molecule has 2 N–H and O–H groups in total. The second-order valence-electron chi connectivity index (χ2n) is 7.73. The van der Waals surface area contributed by atoms with Crippen molar-refractivity contribution in [2.45, 2.75) is 26.9 Å². The minimum absolute atomic E-state index is 0.202. The number of hydrogen-bond acceptors (Lipinski definition) is 4. The van der Waals surface area contributed by atoms with Gasteiger partial charge in [0, 0.05) is 24.3 Å². The Labute approximate surface area is 180 Å². The molecule has 0 saturated heterocycles. The fourth-order valence-electron chi connectivity index (χ4n) is 3.65. The fourth-order valence-corrected chi connectivity index (χ4v) is 3.65. The molecule has 0 saturated carbocycles. The number of nitrogens with zero attached hydrogens (tertiary/aromatic N) is 2. The first-order chi connectivity index (χ1) is 14.9. The van der Waals surface area contributed by atoms with Gasteiger partial charge in [-0.15, -0.1) is 0 Å². The first kappa shape index (κ1) is 20.3. The van der Waals surface area contributed by atoms with Crippen molar-refractivity contribution in [2.75, 3.05) is 4.90 Å². The van der Waals surface area contributed by atoms with Crippen molar-refractivity contribution in [1.29, 1.82) is 0 Å². The van der Waals surface area contributed by atoms with E-state index in [1.54, 1.807) is 24.3 Å². The molecule has 1 aliphatic heterocycles. The van der Waals surface area contributed by atoms with Crippen LogP contribution in [0, 0.1) is 13.8 Å². The van der Waals surface area contributed by atoms with Crippen LogP contribution >= 0.6 is 0 Å². The summed E-state index contributed by atoms with van der Waals surface area (Å²) < 4.78 is 0. The SMILES string of the molecule is Cc1cc2c(cc1C)CN(c1ccc(C(=O)N/N=C/c3ccc(C(=O)O)cc3)cc1)C2. The van der Waals surface area contributed by atoms with E-state index >= 15 is 0 Å². The van der Waals surface area contributed by atoms with Gasteiger partial charge in [0.15, 0.2) is 0 Å². The van der Waals surface area contributed by atoms with Crippen LogP contribution in [0.25, 0.3) is 0 Å². The number of nitrogens with one attached hydrogen (secondary N) is 1. The first-order valence-corrected chi connectivity index (χ1v) is 10.0. The molecule has 1 aliphatic rings. The average Bonchev–Trinajstić information content (AvgIpc) is 3.17. The molecule has 0 bridgehead atoms. The number of hydrogen-bond donors (Lipinski definition) is 2. The molecule has 156 valence electrons. The lowest BCUT2D eigenvalue weighted by molar-refractivity contribution is 0.0696. The average molecular weight is 413 g/mol. The number of carbonyl (C=O) groups excluding carboxylic acids is 1. The van der Waals surface area contributed by atoms with Crippen molar-refractivity contribution in [2.24, 2.45) is 5.10 Å². The van der Waals surface area contributed by atoms with E-state index in [0.29, 0.717) is 11.1 Å². The molecule has 3 aromatic rings. The Morgan fingerprint density at radius 3 is 2.00 bits per heavy atom. The van der Waals surface area contributed by atoms with Gasteiger partial charge in [-0.2, -0.15) is 5.10 Å². The van der Waals surface area contributed by atoms with Crippen LogP contribution < -0.4 is 10.3 Å². The quantitative estimate of drug-likeness (QED) is 0.483. The Bertz CT molecular complexity index is 1130. The molecule has 0 atom stereocenters. The third-order valence-electron chi connectivity index (χ3n) is 5.57. The van der Waals surface area contributed by atoms with Crippen LogP contribution in [0.15, 0.2) is 65.8 Å². The standard InChI is InChI=1S/C25H23N3O3/c1-16-11-21-14-28(15-22(21)12-17(16)2)23-9-7-19(8-10-23)24(29)27-26-13-18-3-5-20(6-4-18)25(30)31/h3-13H,14-15H2,1-2H3,(H,27,29)(H,30,31)/b26-13+. The van der Waals surface area contributed by atoms with Crippen molar-refractivity contribution in [3.63, 3.8) is 0 Å². The van der Waals surface area contributed by atoms with E-state index in [9.17, 15) is 9.59 Å². The van der Waals surface area contributed by atoms with Gasteiger partial charge in [0.05, 0.1) is 11.8 Å². The van der Waals surface area contributed by atoms with Crippen molar-refractivity contribution in [3.8, 4) is 0 Å². The number of fused-ring (bicyclic) bond motifs is 1. The van der Waals surface area contributed by atoms with Gasteiger partial charge in [0.1, 0.15) is 0 Å². The van der Waals surface area contributed by atoms with Crippen LogP contribution in [0.1, 0.15) is 48.5 Å². The van der Waals surface area contributed by atoms with Crippen molar-refractivity contribution >= 4 is 23.8 Å². The van der Waals surface area contributed by atoms with Crippen LogP contribution in [0.4, 0.5) is 5.69 Å². The Morgan fingerprint density at radius 1 is 0.903 bits per heavy atom. The molecule has 1 heterocycles. The van der Waals surface area contributed by atoms with Gasteiger partial charge in [-0.05, 0) is 78.1 Å². The first-order valence-electron chi connectivity index (χ1n) is 10.0. The van der Waals surface area contributed by atoms with Gasteiger partial charge in [0.2, 0.25) is 0 Å². The number of aromatic carboxylic acids is 1. The Morgan fingerprint density at radius 2 is 1.45 bits per heavy atom. The van der Waals surface area contributed by atoms with Crippen LogP contribution in [-0.2, 0) is 13.1 Å². The summed E-state index contributed by atoms with van der Waals surface area (Å²) >= 11 is 0. The minimum Gasteiger partial charge on any atom is -0.478 e. The molecule has 3 aromatic carbocycles. The van der Waals surface area contributed by atoms with Crippen LogP contribution in [0.3, 0.4) is 0 Å². The maximum absolute atomic E-state index is 12.3. The zero-order chi connectivity index (χ0) is 22.0. The van der Waals surface area contributed by atoms with E-state index in [1.165, 1.54) is 40.6 Å². The van der Waals surface area contributed by atoms with Gasteiger partial charge >= 0.3 is 5.97 Å². The number of amides is 1. The third kappa shape index (κ3) is 4.48. The number of carboxylic acid groups (broad SMARTS) is 1. The highest BCUT2D eigenvalue weighted by Gasteiger charge is 2.20. The van der Waals surface area contributed by atoms with Crippen LogP contribution in [-0.4, -0.2) is 23.2 Å². The largest absolute Gasteiger partial charge is 0.478 e. The van der Waals surface area contributed by atoms with Gasteiger partial charge in [0.25, 0.3) is 5.91 Å². The second kappa shape index (κ2) is 8.44. The molecule has 0 spiro atoms. The molecule has 0 unspecified atom stereocenters. The summed E-state index contributed by atoms with van der Waals surface area (Å²) in [5.41, 5.74) is 10.3. The van der Waals surface area contributed by atoms with Crippen LogP contribution in [0.2, 0.25) is 0 Å². The highest BCUT2D eigenvalue weighted by atomic mass is 16.4. The number of carboxylic acids is 1. The normalized spacial score (nSPS) is 12.8.